The van der Waals surface area contributed by atoms with Crippen LogP contribution >= 0.6 is 0 Å². The first-order valence-corrected chi connectivity index (χ1v) is 10.8. The lowest BCUT2D eigenvalue weighted by Crippen LogP contribution is -2.29. The number of piperidine rings is 1. The van der Waals surface area contributed by atoms with Gasteiger partial charge in [0.1, 0.15) is 11.3 Å². The van der Waals surface area contributed by atoms with E-state index in [2.05, 4.69) is 44.7 Å². The third-order valence-corrected chi connectivity index (χ3v) is 5.74. The molecule has 3 aromatic rings. The second-order valence-corrected chi connectivity index (χ2v) is 8.14. The van der Waals surface area contributed by atoms with Crippen molar-refractivity contribution >= 4 is 11.7 Å². The number of aromatic amines is 1. The van der Waals surface area contributed by atoms with Crippen LogP contribution in [-0.2, 0) is 19.5 Å². The molecule has 1 aliphatic heterocycles. The number of benzene rings is 2. The molecule has 0 bridgehead atoms. The van der Waals surface area contributed by atoms with Crippen molar-refractivity contribution in [2.24, 2.45) is 5.73 Å². The molecule has 7 heteroatoms. The van der Waals surface area contributed by atoms with Gasteiger partial charge < -0.3 is 16.2 Å². The summed E-state index contributed by atoms with van der Waals surface area (Å²) in [6.07, 6.45) is 4.47. The Morgan fingerprint density at radius 3 is 2.32 bits per heavy atom. The standard InChI is InChI=1S/C24H29N5O2/c25-23(31)22-21(27-28-24(22)26-15-18-8-10-20(30)11-9-18)14-17-4-6-19(7-5-17)16-29-12-2-1-3-13-29/h4-11,30H,1-3,12-16H2,(H2,25,31)(H2,26,27,28). The van der Waals surface area contributed by atoms with E-state index in [-0.39, 0.29) is 5.75 Å². The van der Waals surface area contributed by atoms with Gasteiger partial charge >= 0.3 is 0 Å². The van der Waals surface area contributed by atoms with Crippen LogP contribution in [0, 0.1) is 0 Å². The van der Waals surface area contributed by atoms with Crippen molar-refractivity contribution in [3.05, 3.63) is 76.5 Å². The number of likely N-dealkylation sites (tertiary alicyclic amines) is 1. The van der Waals surface area contributed by atoms with Crippen LogP contribution in [0.2, 0.25) is 0 Å². The van der Waals surface area contributed by atoms with Gasteiger partial charge in [-0.1, -0.05) is 42.8 Å². The number of aromatic nitrogens is 2. The average molecular weight is 420 g/mol. The second-order valence-electron chi connectivity index (χ2n) is 8.14. The van der Waals surface area contributed by atoms with E-state index in [9.17, 15) is 9.90 Å². The van der Waals surface area contributed by atoms with Gasteiger partial charge in [-0.3, -0.25) is 14.8 Å². The average Bonchev–Trinajstić information content (AvgIpc) is 3.18. The molecule has 0 unspecified atom stereocenters. The lowest BCUT2D eigenvalue weighted by atomic mass is 10.0. The van der Waals surface area contributed by atoms with Crippen LogP contribution in [0.5, 0.6) is 5.75 Å². The Morgan fingerprint density at radius 2 is 1.65 bits per heavy atom. The molecular weight excluding hydrogens is 390 g/mol. The van der Waals surface area contributed by atoms with E-state index >= 15 is 0 Å². The van der Waals surface area contributed by atoms with Gasteiger partial charge in [-0.2, -0.15) is 5.10 Å². The van der Waals surface area contributed by atoms with E-state index in [1.54, 1.807) is 12.1 Å². The van der Waals surface area contributed by atoms with Crippen LogP contribution in [0.25, 0.3) is 0 Å². The zero-order chi connectivity index (χ0) is 21.6. The van der Waals surface area contributed by atoms with Crippen LogP contribution < -0.4 is 11.1 Å². The first-order chi connectivity index (χ1) is 15.1. The molecule has 0 radical (unpaired) electrons. The molecule has 31 heavy (non-hydrogen) atoms. The summed E-state index contributed by atoms with van der Waals surface area (Å²) in [6.45, 7) is 3.81. The lowest BCUT2D eigenvalue weighted by molar-refractivity contribution is 0.100. The number of hydrogen-bond acceptors (Lipinski definition) is 5. The van der Waals surface area contributed by atoms with Crippen molar-refractivity contribution in [1.82, 2.24) is 15.1 Å². The van der Waals surface area contributed by atoms with E-state index in [1.807, 2.05) is 12.1 Å². The second kappa shape index (κ2) is 9.66. The van der Waals surface area contributed by atoms with Crippen molar-refractivity contribution in [3.8, 4) is 5.75 Å². The van der Waals surface area contributed by atoms with Gasteiger partial charge in [0.25, 0.3) is 5.91 Å². The number of carbonyl (C=O) groups excluding carboxylic acids is 1. The Bertz CT molecular complexity index is 1010. The molecule has 7 nitrogen and oxygen atoms in total. The number of rotatable bonds is 8. The van der Waals surface area contributed by atoms with Crippen molar-refractivity contribution in [2.45, 2.75) is 38.8 Å². The number of nitrogens with one attached hydrogen (secondary N) is 2. The summed E-state index contributed by atoms with van der Waals surface area (Å²) in [5, 5.41) is 19.8. The smallest absolute Gasteiger partial charge is 0.254 e. The molecule has 5 N–H and O–H groups in total. The number of primary amides is 1. The summed E-state index contributed by atoms with van der Waals surface area (Å²) in [5.74, 6) is 0.140. The number of nitrogens with zero attached hydrogens (tertiary/aromatic N) is 2. The highest BCUT2D eigenvalue weighted by atomic mass is 16.3. The maximum Gasteiger partial charge on any atom is 0.254 e. The number of hydrogen-bond donors (Lipinski definition) is 4. The number of aromatic hydroxyl groups is 1. The topological polar surface area (TPSA) is 107 Å². The SMILES string of the molecule is NC(=O)c1c(NCc2ccc(O)cc2)n[nH]c1Cc1ccc(CN2CCCCC2)cc1. The normalized spacial score (nSPS) is 14.5. The summed E-state index contributed by atoms with van der Waals surface area (Å²) in [4.78, 5) is 14.6. The van der Waals surface area contributed by atoms with E-state index in [4.69, 9.17) is 5.73 Å². The minimum Gasteiger partial charge on any atom is -0.508 e. The molecule has 4 rings (SSSR count). The zero-order valence-corrected chi connectivity index (χ0v) is 17.6. The predicted octanol–water partition coefficient (Wildman–Crippen LogP) is 3.40. The van der Waals surface area contributed by atoms with Crippen LogP contribution in [0.1, 0.15) is 52.0 Å². The van der Waals surface area contributed by atoms with Crippen LogP contribution in [0.4, 0.5) is 5.82 Å². The molecular formula is C24H29N5O2. The first-order valence-electron chi connectivity index (χ1n) is 10.8. The number of amides is 1. The molecule has 0 saturated carbocycles. The quantitative estimate of drug-likeness (QED) is 0.448. The van der Waals surface area contributed by atoms with Gasteiger partial charge in [0.05, 0.1) is 5.69 Å². The summed E-state index contributed by atoms with van der Waals surface area (Å²) < 4.78 is 0. The lowest BCUT2D eigenvalue weighted by Gasteiger charge is -2.26. The van der Waals surface area contributed by atoms with E-state index in [1.165, 1.54) is 37.9 Å². The third-order valence-electron chi connectivity index (χ3n) is 5.74. The maximum atomic E-state index is 12.1. The molecule has 2 heterocycles. The molecule has 1 saturated heterocycles. The number of anilines is 1. The molecule has 0 atom stereocenters. The Labute approximate surface area is 182 Å². The molecule has 162 valence electrons. The van der Waals surface area contributed by atoms with Gasteiger partial charge in [-0.15, -0.1) is 0 Å². The minimum atomic E-state index is -0.515. The fourth-order valence-corrected chi connectivity index (χ4v) is 4.04. The van der Waals surface area contributed by atoms with E-state index < -0.39 is 5.91 Å². The molecule has 1 aromatic heterocycles. The monoisotopic (exact) mass is 419 g/mol. The summed E-state index contributed by atoms with van der Waals surface area (Å²) in [6, 6.07) is 15.4. The molecule has 0 aliphatic carbocycles. The van der Waals surface area contributed by atoms with Gasteiger partial charge in [0.15, 0.2) is 5.82 Å². The largest absolute Gasteiger partial charge is 0.508 e. The zero-order valence-electron chi connectivity index (χ0n) is 17.6. The van der Waals surface area contributed by atoms with Gasteiger partial charge in [0.2, 0.25) is 0 Å². The third kappa shape index (κ3) is 5.44. The summed E-state index contributed by atoms with van der Waals surface area (Å²) in [5.41, 5.74) is 10.1. The van der Waals surface area contributed by atoms with Gasteiger partial charge in [-0.25, -0.2) is 0 Å². The fourth-order valence-electron chi connectivity index (χ4n) is 4.04. The Balaban J connectivity index is 1.41. The van der Waals surface area contributed by atoms with Crippen molar-refractivity contribution in [3.63, 3.8) is 0 Å². The molecule has 1 aliphatic rings. The maximum absolute atomic E-state index is 12.1. The number of carbonyl (C=O) groups is 1. The fraction of sp³-hybridized carbons (Fsp3) is 0.333. The Kier molecular flexibility index (Phi) is 6.52. The highest BCUT2D eigenvalue weighted by Crippen LogP contribution is 2.21. The molecule has 1 fully saturated rings. The first kappa shape index (κ1) is 20.9. The predicted molar refractivity (Wildman–Crippen MR) is 121 cm³/mol. The van der Waals surface area contributed by atoms with Crippen LogP contribution in [0.3, 0.4) is 0 Å². The number of nitrogens with two attached hydrogens (primary N) is 1. The van der Waals surface area contributed by atoms with Crippen molar-refractivity contribution < 1.29 is 9.90 Å². The Morgan fingerprint density at radius 1 is 1.00 bits per heavy atom. The van der Waals surface area contributed by atoms with E-state index in [0.717, 1.165) is 17.7 Å². The highest BCUT2D eigenvalue weighted by molar-refractivity contribution is 5.98. The molecule has 2 aromatic carbocycles. The molecule has 0 spiro atoms. The van der Waals surface area contributed by atoms with Crippen LogP contribution in [0.15, 0.2) is 48.5 Å². The summed E-state index contributed by atoms with van der Waals surface area (Å²) >= 11 is 0. The summed E-state index contributed by atoms with van der Waals surface area (Å²) in [7, 11) is 0. The Hall–Kier alpha value is -3.32. The molecule has 1 amide bonds. The minimum absolute atomic E-state index is 0.213. The van der Waals surface area contributed by atoms with Gasteiger partial charge in [-0.05, 0) is 54.8 Å². The number of phenolic OH excluding ortho intramolecular Hbond substituents is 1. The van der Waals surface area contributed by atoms with Gasteiger partial charge in [0, 0.05) is 19.5 Å². The number of phenols is 1. The van der Waals surface area contributed by atoms with Crippen molar-refractivity contribution in [1.29, 1.82) is 0 Å². The van der Waals surface area contributed by atoms with Crippen LogP contribution in [-0.4, -0.2) is 39.2 Å². The van der Waals surface area contributed by atoms with E-state index in [0.29, 0.717) is 30.0 Å². The highest BCUT2D eigenvalue weighted by Gasteiger charge is 2.18. The number of H-pyrrole nitrogens is 1. The van der Waals surface area contributed by atoms with Crippen molar-refractivity contribution in [2.75, 3.05) is 18.4 Å².